The Labute approximate surface area is 176 Å². The van der Waals surface area contributed by atoms with Crippen LogP contribution in [0.3, 0.4) is 0 Å². The molecule has 0 spiro atoms. The zero-order chi connectivity index (χ0) is 21.1. The van der Waals surface area contributed by atoms with E-state index in [4.69, 9.17) is 0 Å². The zero-order valence-electron chi connectivity index (χ0n) is 17.7. The number of aromatic nitrogens is 4. The van der Waals surface area contributed by atoms with Gasteiger partial charge in [-0.3, -0.25) is 14.2 Å². The minimum absolute atomic E-state index is 0.0277. The van der Waals surface area contributed by atoms with Gasteiger partial charge in [0, 0.05) is 18.4 Å². The van der Waals surface area contributed by atoms with Crippen LogP contribution in [0.4, 0.5) is 5.69 Å². The van der Waals surface area contributed by atoms with E-state index in [1.165, 1.54) is 11.1 Å². The van der Waals surface area contributed by atoms with Crippen LogP contribution in [-0.4, -0.2) is 25.5 Å². The van der Waals surface area contributed by atoms with Gasteiger partial charge < -0.3 is 5.32 Å². The molecule has 0 aliphatic carbocycles. The molecule has 0 fully saturated rings. The second kappa shape index (κ2) is 8.53. The van der Waals surface area contributed by atoms with E-state index in [9.17, 15) is 4.79 Å². The number of carbonyl (C=O) groups excluding carboxylic acids is 1. The van der Waals surface area contributed by atoms with E-state index in [1.807, 2.05) is 59.7 Å². The van der Waals surface area contributed by atoms with Crippen molar-refractivity contribution < 1.29 is 4.79 Å². The van der Waals surface area contributed by atoms with Crippen molar-refractivity contribution in [1.29, 1.82) is 0 Å². The number of benzene rings is 2. The first-order valence-corrected chi connectivity index (χ1v) is 10.3. The molecule has 1 N–H and O–H groups in total. The molecular formula is C24H27N5O. The fourth-order valence-corrected chi connectivity index (χ4v) is 3.81. The molecule has 1 amide bonds. The Morgan fingerprint density at radius 3 is 2.57 bits per heavy atom. The Bertz CT molecular complexity index is 1170. The maximum Gasteiger partial charge on any atom is 0.226 e. The van der Waals surface area contributed by atoms with Crippen LogP contribution in [0.25, 0.3) is 10.9 Å². The van der Waals surface area contributed by atoms with Crippen molar-refractivity contribution >= 4 is 22.5 Å². The number of nitrogens with one attached hydrogen (secondary N) is 1. The third-order valence-electron chi connectivity index (χ3n) is 5.56. The smallest absolute Gasteiger partial charge is 0.226 e. The number of aryl methyl sites for hydroxylation is 5. The first-order chi connectivity index (χ1) is 14.5. The van der Waals surface area contributed by atoms with E-state index in [2.05, 4.69) is 40.6 Å². The number of hydrogen-bond donors (Lipinski definition) is 1. The zero-order valence-corrected chi connectivity index (χ0v) is 17.7. The Kier molecular flexibility index (Phi) is 5.65. The van der Waals surface area contributed by atoms with Gasteiger partial charge in [-0.05, 0) is 44.4 Å². The molecule has 4 rings (SSSR count). The summed E-state index contributed by atoms with van der Waals surface area (Å²) in [5.41, 5.74) is 6.17. The second-order valence-electron chi connectivity index (χ2n) is 7.68. The van der Waals surface area contributed by atoms with Crippen LogP contribution in [0.15, 0.2) is 54.7 Å². The number of amides is 1. The molecule has 0 aliphatic rings. The lowest BCUT2D eigenvalue weighted by molar-refractivity contribution is -0.116. The molecule has 0 saturated carbocycles. The van der Waals surface area contributed by atoms with Gasteiger partial charge in [0.2, 0.25) is 5.91 Å². The number of anilines is 1. The van der Waals surface area contributed by atoms with Gasteiger partial charge in [0.05, 0.1) is 35.3 Å². The van der Waals surface area contributed by atoms with Gasteiger partial charge in [0.1, 0.15) is 0 Å². The average molecular weight is 402 g/mol. The molecule has 0 radical (unpaired) electrons. The predicted molar refractivity (Wildman–Crippen MR) is 120 cm³/mol. The van der Waals surface area contributed by atoms with Gasteiger partial charge in [-0.25, -0.2) is 0 Å². The summed E-state index contributed by atoms with van der Waals surface area (Å²) in [7, 11) is 0. The lowest BCUT2D eigenvalue weighted by Crippen LogP contribution is -2.16. The summed E-state index contributed by atoms with van der Waals surface area (Å²) in [5.74, 6) is -0.0277. The van der Waals surface area contributed by atoms with Crippen molar-refractivity contribution in [2.24, 2.45) is 0 Å². The van der Waals surface area contributed by atoms with Crippen molar-refractivity contribution in [1.82, 2.24) is 19.6 Å². The molecule has 2 aromatic carbocycles. The molecule has 0 bridgehead atoms. The quantitative estimate of drug-likeness (QED) is 0.498. The Morgan fingerprint density at radius 2 is 1.77 bits per heavy atom. The highest BCUT2D eigenvalue weighted by Gasteiger charge is 2.15. The number of hydrogen-bond acceptors (Lipinski definition) is 3. The maximum atomic E-state index is 12.6. The summed E-state index contributed by atoms with van der Waals surface area (Å²) in [6, 6.07) is 16.5. The van der Waals surface area contributed by atoms with E-state index < -0.39 is 0 Å². The van der Waals surface area contributed by atoms with Crippen molar-refractivity contribution in [2.75, 3.05) is 5.32 Å². The molecule has 4 aromatic rings. The van der Waals surface area contributed by atoms with E-state index >= 15 is 0 Å². The van der Waals surface area contributed by atoms with Crippen molar-refractivity contribution in [2.45, 2.75) is 46.7 Å². The van der Waals surface area contributed by atoms with Crippen LogP contribution in [0.2, 0.25) is 0 Å². The monoisotopic (exact) mass is 401 g/mol. The number of rotatable bonds is 7. The summed E-state index contributed by atoms with van der Waals surface area (Å²) in [5, 5.41) is 13.3. The molecule has 154 valence electrons. The summed E-state index contributed by atoms with van der Waals surface area (Å²) < 4.78 is 3.87. The van der Waals surface area contributed by atoms with E-state index in [1.54, 1.807) is 0 Å². The fourth-order valence-electron chi connectivity index (χ4n) is 3.81. The van der Waals surface area contributed by atoms with Crippen LogP contribution in [0.1, 0.15) is 28.9 Å². The normalized spacial score (nSPS) is 11.2. The van der Waals surface area contributed by atoms with Crippen molar-refractivity contribution in [3.63, 3.8) is 0 Å². The molecule has 0 aliphatic heterocycles. The van der Waals surface area contributed by atoms with Crippen molar-refractivity contribution in [3.05, 3.63) is 77.2 Å². The Morgan fingerprint density at radius 1 is 0.967 bits per heavy atom. The Balaban J connectivity index is 1.39. The molecule has 0 unspecified atom stereocenters. The number of carbonyl (C=O) groups is 1. The largest absolute Gasteiger partial charge is 0.323 e. The summed E-state index contributed by atoms with van der Waals surface area (Å²) in [4.78, 5) is 12.6. The lowest BCUT2D eigenvalue weighted by Gasteiger charge is -2.08. The minimum Gasteiger partial charge on any atom is -0.323 e. The molecule has 0 saturated heterocycles. The summed E-state index contributed by atoms with van der Waals surface area (Å²) >= 11 is 0. The highest BCUT2D eigenvalue weighted by Crippen LogP contribution is 2.21. The summed E-state index contributed by atoms with van der Waals surface area (Å²) in [6.45, 7) is 7.34. The van der Waals surface area contributed by atoms with Crippen LogP contribution in [0.5, 0.6) is 0 Å². The molecule has 2 heterocycles. The first kappa shape index (κ1) is 19.9. The lowest BCUT2D eigenvalue weighted by atomic mass is 10.1. The molecule has 2 aromatic heterocycles. The van der Waals surface area contributed by atoms with Gasteiger partial charge in [-0.2, -0.15) is 10.2 Å². The highest BCUT2D eigenvalue weighted by molar-refractivity contribution is 5.92. The molecule has 0 atom stereocenters. The predicted octanol–water partition coefficient (Wildman–Crippen LogP) is 4.43. The maximum absolute atomic E-state index is 12.6. The van der Waals surface area contributed by atoms with E-state index in [0.29, 0.717) is 13.0 Å². The standard InChI is InChI=1S/C24H27N5O/c1-17-8-7-11-22-21(17)16-25-29(22)15-13-23(30)26-24-18(2)27-28(19(24)3)14-12-20-9-5-4-6-10-20/h4-11,16H,12-15H2,1-3H3,(H,26,30). The highest BCUT2D eigenvalue weighted by atomic mass is 16.1. The van der Waals surface area contributed by atoms with Crippen molar-refractivity contribution in [3.8, 4) is 0 Å². The molecule has 30 heavy (non-hydrogen) atoms. The number of nitrogens with zero attached hydrogens (tertiary/aromatic N) is 4. The topological polar surface area (TPSA) is 64.7 Å². The Hall–Kier alpha value is -3.41. The summed E-state index contributed by atoms with van der Waals surface area (Å²) in [6.07, 6.45) is 3.13. The van der Waals surface area contributed by atoms with Gasteiger partial charge in [0.25, 0.3) is 0 Å². The van der Waals surface area contributed by atoms with E-state index in [-0.39, 0.29) is 5.91 Å². The number of fused-ring (bicyclic) bond motifs is 1. The average Bonchev–Trinajstić information content (AvgIpc) is 3.28. The second-order valence-corrected chi connectivity index (χ2v) is 7.68. The van der Waals surface area contributed by atoms with Crippen LogP contribution >= 0.6 is 0 Å². The van der Waals surface area contributed by atoms with E-state index in [0.717, 1.165) is 40.9 Å². The van der Waals surface area contributed by atoms with Crippen LogP contribution in [0, 0.1) is 20.8 Å². The minimum atomic E-state index is -0.0277. The van der Waals surface area contributed by atoms with Gasteiger partial charge in [-0.15, -0.1) is 0 Å². The SMILES string of the molecule is Cc1nn(CCc2ccccc2)c(C)c1NC(=O)CCn1ncc2c(C)cccc21. The first-order valence-electron chi connectivity index (χ1n) is 10.3. The fraction of sp³-hybridized carbons (Fsp3) is 0.292. The van der Waals surface area contributed by atoms with Gasteiger partial charge >= 0.3 is 0 Å². The molecule has 6 nitrogen and oxygen atoms in total. The third-order valence-corrected chi connectivity index (χ3v) is 5.56. The molecular weight excluding hydrogens is 374 g/mol. The van der Waals surface area contributed by atoms with Gasteiger partial charge in [0.15, 0.2) is 0 Å². The molecule has 6 heteroatoms. The van der Waals surface area contributed by atoms with Crippen LogP contribution in [-0.2, 0) is 24.3 Å². The van der Waals surface area contributed by atoms with Crippen LogP contribution < -0.4 is 5.32 Å². The third kappa shape index (κ3) is 4.13. The van der Waals surface area contributed by atoms with Gasteiger partial charge in [-0.1, -0.05) is 42.5 Å².